The van der Waals surface area contributed by atoms with E-state index in [1.807, 2.05) is 0 Å². The molecule has 0 saturated heterocycles. The van der Waals surface area contributed by atoms with E-state index in [0.29, 0.717) is 25.7 Å². The second-order valence-electron chi connectivity index (χ2n) is 15.1. The smallest absolute Gasteiger partial charge is 0.221 e. The molecule has 5 aliphatic rings. The number of fused-ring (bicyclic) bond motifs is 16. The number of rotatable bonds is 0. The van der Waals surface area contributed by atoms with Crippen molar-refractivity contribution >= 4 is 56.1 Å². The zero-order valence-corrected chi connectivity index (χ0v) is 32.0. The Morgan fingerprint density at radius 3 is 0.913 bits per heavy atom. The summed E-state index contributed by atoms with van der Waals surface area (Å²) in [6, 6.07) is 16.8. The minimum absolute atomic E-state index is 0.0896. The zero-order chi connectivity index (χ0) is 32.5. The summed E-state index contributed by atoms with van der Waals surface area (Å²) in [5.74, 6) is 0. The second-order valence-corrected chi connectivity index (χ2v) is 32.2. The number of benzene rings is 2. The van der Waals surface area contributed by atoms with Crippen molar-refractivity contribution in [2.24, 2.45) is 20.6 Å². The Balaban J connectivity index is 1.20. The first-order valence-corrected chi connectivity index (χ1v) is 28.2. The predicted octanol–water partition coefficient (Wildman–Crippen LogP) is 6.38. The Hall–Kier alpha value is -2.89. The Morgan fingerprint density at radius 1 is 0.435 bits per heavy atom. The summed E-state index contributed by atoms with van der Waals surface area (Å²) in [7, 11) is -9.37. The summed E-state index contributed by atoms with van der Waals surface area (Å²) in [6.07, 6.45) is 2.83. The fraction of sp³-hybridized carbons (Fsp3) is 0.500. The minimum atomic E-state index is -2.34. The van der Waals surface area contributed by atoms with Gasteiger partial charge in [-0.3, -0.25) is 0 Å². The molecule has 5 heterocycles. The lowest BCUT2D eigenvalue weighted by molar-refractivity contribution is 0.111. The van der Waals surface area contributed by atoms with Crippen LogP contribution in [-0.4, -0.2) is 79.0 Å². The quantitative estimate of drug-likeness (QED) is 0.297. The van der Waals surface area contributed by atoms with Crippen molar-refractivity contribution < 1.29 is 27.6 Å². The topological polar surface area (TPSA) is 105 Å². The molecule has 14 heteroatoms. The first-order valence-electron chi connectivity index (χ1n) is 16.2. The third-order valence-electron chi connectivity index (χ3n) is 9.89. The van der Waals surface area contributed by atoms with Crippen molar-refractivity contribution in [2.75, 3.05) is 0 Å². The molecule has 0 aliphatic carbocycles. The van der Waals surface area contributed by atoms with Crippen LogP contribution in [0.25, 0.3) is 0 Å². The summed E-state index contributed by atoms with van der Waals surface area (Å²) in [6.45, 7) is 17.8. The van der Waals surface area contributed by atoms with Crippen LogP contribution in [0.3, 0.4) is 0 Å². The maximum Gasteiger partial charge on any atom is 0.221 e. The lowest BCUT2D eigenvalue weighted by Crippen LogP contribution is -2.57. The third-order valence-corrected chi connectivity index (χ3v) is 25.7. The van der Waals surface area contributed by atoms with Crippen LogP contribution >= 0.6 is 0 Å². The van der Waals surface area contributed by atoms with E-state index >= 15 is 0 Å². The average Bonchev–Trinajstić information content (AvgIpc) is 3.82. The molecule has 0 radical (unpaired) electrons. The van der Waals surface area contributed by atoms with Gasteiger partial charge in [0.1, 0.15) is 22.9 Å². The van der Waals surface area contributed by atoms with E-state index < -0.39 is 33.3 Å². The van der Waals surface area contributed by atoms with E-state index in [1.165, 1.54) is 0 Å². The molecule has 0 aromatic heterocycles. The Bertz CT molecular complexity index is 1440. The average molecular weight is 693 g/mol. The standard InChI is InChI=1S/C32H44N4O6Si4/c1-43(2)29-17-25(33-37-29)21-11-9-12-22(15-21)27-19-31(39-35-27)45(5,6)42-46(7,8)32-20-28(36-40-32)24-14-10-13-23(16-24)26-18-30(38-34-26)44(3,4)41-43/h9-16,29-32H,17-20H2,1-8H3/t29-,30-,31-,32-/m1/s1. The second kappa shape index (κ2) is 11.4. The zero-order valence-electron chi connectivity index (χ0n) is 28.0. The molecule has 0 unspecified atom stereocenters. The maximum absolute atomic E-state index is 7.06. The summed E-state index contributed by atoms with van der Waals surface area (Å²) in [5.41, 5.74) is 7.55. The van der Waals surface area contributed by atoms with E-state index in [2.05, 4.69) is 122 Å². The molecule has 0 fully saturated rings. The molecule has 4 atom stereocenters. The third kappa shape index (κ3) is 5.99. The summed E-state index contributed by atoms with van der Waals surface area (Å²) >= 11 is 0. The van der Waals surface area contributed by atoms with E-state index in [1.54, 1.807) is 0 Å². The molecule has 7 rings (SSSR count). The molecule has 0 spiro atoms. The highest BCUT2D eigenvalue weighted by molar-refractivity contribution is 6.87. The van der Waals surface area contributed by atoms with Crippen LogP contribution in [0, 0.1) is 0 Å². The van der Waals surface area contributed by atoms with Gasteiger partial charge in [-0.2, -0.15) is 0 Å². The largest absolute Gasteiger partial charge is 0.451 e. The monoisotopic (exact) mass is 692 g/mol. The number of nitrogens with zero attached hydrogens (tertiary/aromatic N) is 4. The van der Waals surface area contributed by atoms with Crippen molar-refractivity contribution in [1.29, 1.82) is 0 Å². The Kier molecular flexibility index (Phi) is 7.83. The number of hydrogen-bond acceptors (Lipinski definition) is 10. The van der Waals surface area contributed by atoms with Crippen LogP contribution in [0.4, 0.5) is 0 Å². The van der Waals surface area contributed by atoms with E-state index in [0.717, 1.165) is 45.1 Å². The molecule has 5 aliphatic heterocycles. The van der Waals surface area contributed by atoms with Gasteiger partial charge in [-0.15, -0.1) is 0 Å². The fourth-order valence-corrected chi connectivity index (χ4v) is 24.0. The predicted molar refractivity (Wildman–Crippen MR) is 189 cm³/mol. The van der Waals surface area contributed by atoms with Crippen molar-refractivity contribution in [2.45, 2.75) is 101 Å². The molecular weight excluding hydrogens is 649 g/mol. The molecular formula is C32H44N4O6Si4. The summed E-state index contributed by atoms with van der Waals surface area (Å²) in [4.78, 5) is 24.4. The van der Waals surface area contributed by atoms with Crippen LogP contribution in [0.1, 0.15) is 47.9 Å². The molecule has 12 bridgehead atoms. The first kappa shape index (κ1) is 31.7. The van der Waals surface area contributed by atoms with Gasteiger partial charge in [0.15, 0.2) is 0 Å². The highest BCUT2D eigenvalue weighted by atomic mass is 28.4. The lowest BCUT2D eigenvalue weighted by Gasteiger charge is -2.38. The fourth-order valence-electron chi connectivity index (χ4n) is 7.06. The summed E-state index contributed by atoms with van der Waals surface area (Å²) in [5, 5.41) is 18.3. The van der Waals surface area contributed by atoms with Crippen LogP contribution < -0.4 is 0 Å². The highest BCUT2D eigenvalue weighted by Crippen LogP contribution is 2.35. The van der Waals surface area contributed by atoms with Gasteiger partial charge < -0.3 is 27.6 Å². The van der Waals surface area contributed by atoms with Crippen molar-refractivity contribution in [3.63, 3.8) is 0 Å². The van der Waals surface area contributed by atoms with Gasteiger partial charge in [-0.05, 0) is 64.5 Å². The van der Waals surface area contributed by atoms with Gasteiger partial charge >= 0.3 is 0 Å². The van der Waals surface area contributed by atoms with Gasteiger partial charge in [0.05, 0.1) is 22.8 Å². The van der Waals surface area contributed by atoms with Crippen molar-refractivity contribution in [3.05, 3.63) is 70.8 Å². The Morgan fingerprint density at radius 2 is 0.674 bits per heavy atom. The first-order chi connectivity index (χ1) is 21.7. The van der Waals surface area contributed by atoms with Crippen molar-refractivity contribution in [3.8, 4) is 0 Å². The van der Waals surface area contributed by atoms with E-state index in [9.17, 15) is 0 Å². The molecule has 0 saturated carbocycles. The molecule has 10 nitrogen and oxygen atoms in total. The van der Waals surface area contributed by atoms with Crippen LogP contribution in [0.5, 0.6) is 0 Å². The highest BCUT2D eigenvalue weighted by Gasteiger charge is 2.51. The molecule has 2 aromatic rings. The maximum atomic E-state index is 7.06. The van der Waals surface area contributed by atoms with Crippen LogP contribution in [-0.2, 0) is 27.6 Å². The number of hydrogen-bond donors (Lipinski definition) is 0. The van der Waals surface area contributed by atoms with Gasteiger partial charge in [-0.25, -0.2) is 0 Å². The van der Waals surface area contributed by atoms with Gasteiger partial charge in [0.2, 0.25) is 33.3 Å². The van der Waals surface area contributed by atoms with Crippen LogP contribution in [0.2, 0.25) is 52.4 Å². The van der Waals surface area contributed by atoms with Gasteiger partial charge in [-0.1, -0.05) is 57.0 Å². The molecule has 0 N–H and O–H groups in total. The summed E-state index contributed by atoms with van der Waals surface area (Å²) < 4.78 is 14.1. The van der Waals surface area contributed by atoms with Crippen LogP contribution in [0.15, 0.2) is 69.2 Å². The van der Waals surface area contributed by atoms with E-state index in [-0.39, 0.29) is 22.9 Å². The van der Waals surface area contributed by atoms with Gasteiger partial charge in [0.25, 0.3) is 0 Å². The molecule has 0 amide bonds. The lowest BCUT2D eigenvalue weighted by atomic mass is 10.0. The normalized spacial score (nSPS) is 30.3. The van der Waals surface area contributed by atoms with Crippen molar-refractivity contribution in [1.82, 2.24) is 0 Å². The molecule has 244 valence electrons. The number of oxime groups is 4. The van der Waals surface area contributed by atoms with Gasteiger partial charge in [0, 0.05) is 47.9 Å². The Labute approximate surface area is 275 Å². The minimum Gasteiger partial charge on any atom is -0.451 e. The molecule has 46 heavy (non-hydrogen) atoms. The van der Waals surface area contributed by atoms with E-state index in [4.69, 9.17) is 27.6 Å². The molecule has 2 aromatic carbocycles. The SMILES string of the molecule is C[Si]1(C)O[Si](C)(C)[C@@H]2CC(=NO2)c2cccc(c2)C2=NO[C@@H](C2)[Si](C)(C)O[Si](C)(C)[C@@H]2CC(=NO2)c2cccc(c2)C2=NO[C@H]1C2.